The number of benzene rings is 1. The third kappa shape index (κ3) is 2.90. The van der Waals surface area contributed by atoms with Crippen molar-refractivity contribution in [1.82, 2.24) is 9.29 Å². The van der Waals surface area contributed by atoms with E-state index in [9.17, 15) is 13.2 Å². The van der Waals surface area contributed by atoms with Crippen molar-refractivity contribution in [3.05, 3.63) is 28.9 Å². The molecule has 2 aromatic rings. The third-order valence-corrected chi connectivity index (χ3v) is 6.53. The van der Waals surface area contributed by atoms with Crippen LogP contribution < -0.4 is 5.73 Å². The van der Waals surface area contributed by atoms with Crippen LogP contribution in [0.25, 0.3) is 10.9 Å². The lowest BCUT2D eigenvalue weighted by atomic mass is 10.1. The van der Waals surface area contributed by atoms with Gasteiger partial charge in [0.2, 0.25) is 10.0 Å². The molecule has 0 saturated carbocycles. The van der Waals surface area contributed by atoms with Gasteiger partial charge in [-0.05, 0) is 31.0 Å². The Labute approximate surface area is 144 Å². The van der Waals surface area contributed by atoms with E-state index >= 15 is 0 Å². The first-order valence-electron chi connectivity index (χ1n) is 7.49. The zero-order valence-electron chi connectivity index (χ0n) is 13.1. The molecule has 0 atom stereocenters. The zero-order valence-corrected chi connectivity index (χ0v) is 14.7. The SMILES string of the molecule is CN(C1CCOCC1)S(=O)(=O)c1c(C(N)=O)[nH]c2ccc(Cl)cc12. The van der Waals surface area contributed by atoms with Crippen LogP contribution in [0.1, 0.15) is 23.3 Å². The monoisotopic (exact) mass is 371 g/mol. The van der Waals surface area contributed by atoms with E-state index < -0.39 is 15.9 Å². The van der Waals surface area contributed by atoms with Crippen LogP contribution in [-0.2, 0) is 14.8 Å². The number of H-pyrrole nitrogens is 1. The van der Waals surface area contributed by atoms with Crippen molar-refractivity contribution in [1.29, 1.82) is 0 Å². The lowest BCUT2D eigenvalue weighted by Crippen LogP contribution is -2.41. The van der Waals surface area contributed by atoms with Gasteiger partial charge in [0.05, 0.1) is 0 Å². The number of aromatic nitrogens is 1. The molecule has 3 N–H and O–H groups in total. The van der Waals surface area contributed by atoms with Crippen LogP contribution in [0, 0.1) is 0 Å². The minimum Gasteiger partial charge on any atom is -0.381 e. The van der Waals surface area contributed by atoms with Gasteiger partial charge in [0.25, 0.3) is 5.91 Å². The van der Waals surface area contributed by atoms with Crippen molar-refractivity contribution >= 4 is 38.4 Å². The molecule has 0 spiro atoms. The molecule has 0 unspecified atom stereocenters. The molecular weight excluding hydrogens is 354 g/mol. The van der Waals surface area contributed by atoms with E-state index in [-0.39, 0.29) is 16.6 Å². The van der Waals surface area contributed by atoms with Gasteiger partial charge in [-0.2, -0.15) is 4.31 Å². The molecular formula is C15H18ClN3O4S. The zero-order chi connectivity index (χ0) is 17.5. The predicted octanol–water partition coefficient (Wildman–Crippen LogP) is 1.72. The quantitative estimate of drug-likeness (QED) is 0.853. The summed E-state index contributed by atoms with van der Waals surface area (Å²) < 4.78 is 32.9. The summed E-state index contributed by atoms with van der Waals surface area (Å²) in [6, 6.07) is 4.57. The van der Waals surface area contributed by atoms with Gasteiger partial charge in [-0.3, -0.25) is 4.79 Å². The topological polar surface area (TPSA) is 105 Å². The molecule has 1 aromatic heterocycles. The number of nitrogens with zero attached hydrogens (tertiary/aromatic N) is 1. The summed E-state index contributed by atoms with van der Waals surface area (Å²) in [7, 11) is -2.41. The minimum absolute atomic E-state index is 0.124. The number of hydrogen-bond acceptors (Lipinski definition) is 4. The van der Waals surface area contributed by atoms with Gasteiger partial charge < -0.3 is 15.5 Å². The number of carbonyl (C=O) groups excluding carboxylic acids is 1. The number of nitrogens with two attached hydrogens (primary N) is 1. The van der Waals surface area contributed by atoms with Gasteiger partial charge >= 0.3 is 0 Å². The van der Waals surface area contributed by atoms with Crippen molar-refractivity contribution in [2.24, 2.45) is 5.73 Å². The van der Waals surface area contributed by atoms with Crippen molar-refractivity contribution < 1.29 is 17.9 Å². The largest absolute Gasteiger partial charge is 0.381 e. The molecule has 2 heterocycles. The number of primary amides is 1. The highest BCUT2D eigenvalue weighted by Gasteiger charge is 2.34. The average molecular weight is 372 g/mol. The number of rotatable bonds is 4. The number of fused-ring (bicyclic) bond motifs is 1. The predicted molar refractivity (Wildman–Crippen MR) is 90.6 cm³/mol. The summed E-state index contributed by atoms with van der Waals surface area (Å²) in [6.07, 6.45) is 1.20. The summed E-state index contributed by atoms with van der Waals surface area (Å²) >= 11 is 6.00. The van der Waals surface area contributed by atoms with Gasteiger partial charge in [0.15, 0.2) is 0 Å². The molecule has 1 aromatic carbocycles. The second-order valence-electron chi connectivity index (χ2n) is 5.75. The molecule has 0 bridgehead atoms. The van der Waals surface area contributed by atoms with Crippen molar-refractivity contribution in [3.63, 3.8) is 0 Å². The molecule has 0 radical (unpaired) electrons. The van der Waals surface area contributed by atoms with E-state index in [1.54, 1.807) is 12.1 Å². The molecule has 1 aliphatic heterocycles. The molecule has 0 aliphatic carbocycles. The van der Waals surface area contributed by atoms with E-state index in [0.29, 0.717) is 42.0 Å². The first-order valence-corrected chi connectivity index (χ1v) is 9.31. The van der Waals surface area contributed by atoms with Crippen molar-refractivity contribution in [3.8, 4) is 0 Å². The van der Waals surface area contributed by atoms with Crippen LogP contribution in [0.4, 0.5) is 0 Å². The third-order valence-electron chi connectivity index (χ3n) is 4.30. The van der Waals surface area contributed by atoms with Crippen LogP contribution in [-0.4, -0.2) is 49.9 Å². The Bertz CT molecular complexity index is 888. The van der Waals surface area contributed by atoms with E-state index in [1.807, 2.05) is 0 Å². The normalized spacial score (nSPS) is 16.8. The molecule has 9 heteroatoms. The number of carbonyl (C=O) groups is 1. The summed E-state index contributed by atoms with van der Waals surface area (Å²) in [5.74, 6) is -0.832. The van der Waals surface area contributed by atoms with Crippen molar-refractivity contribution in [2.75, 3.05) is 20.3 Å². The molecule has 1 amide bonds. The maximum absolute atomic E-state index is 13.2. The number of ether oxygens (including phenoxy) is 1. The average Bonchev–Trinajstić information content (AvgIpc) is 2.94. The van der Waals surface area contributed by atoms with Gasteiger partial charge in [-0.15, -0.1) is 0 Å². The van der Waals surface area contributed by atoms with E-state index in [4.69, 9.17) is 22.1 Å². The molecule has 24 heavy (non-hydrogen) atoms. The maximum atomic E-state index is 13.2. The summed E-state index contributed by atoms with van der Waals surface area (Å²) in [5.41, 5.74) is 5.75. The second kappa shape index (κ2) is 6.36. The van der Waals surface area contributed by atoms with Crippen LogP contribution in [0.5, 0.6) is 0 Å². The first-order chi connectivity index (χ1) is 11.3. The highest BCUT2D eigenvalue weighted by Crippen LogP contribution is 2.32. The number of hydrogen-bond donors (Lipinski definition) is 2. The van der Waals surface area contributed by atoms with Crippen molar-refractivity contribution in [2.45, 2.75) is 23.8 Å². The number of amides is 1. The van der Waals surface area contributed by atoms with E-state index in [2.05, 4.69) is 4.98 Å². The first kappa shape index (κ1) is 17.2. The van der Waals surface area contributed by atoms with Crippen LogP contribution in [0.15, 0.2) is 23.1 Å². The Morgan fingerprint density at radius 1 is 1.38 bits per heavy atom. The summed E-state index contributed by atoms with van der Waals surface area (Å²) in [4.78, 5) is 14.4. The minimum atomic E-state index is -3.93. The Morgan fingerprint density at radius 2 is 2.04 bits per heavy atom. The fourth-order valence-electron chi connectivity index (χ4n) is 2.97. The number of aromatic amines is 1. The lowest BCUT2D eigenvalue weighted by Gasteiger charge is -2.30. The Morgan fingerprint density at radius 3 is 2.67 bits per heavy atom. The lowest BCUT2D eigenvalue weighted by molar-refractivity contribution is 0.0632. The number of sulfonamides is 1. The second-order valence-corrected chi connectivity index (χ2v) is 8.12. The van der Waals surface area contributed by atoms with Crippen LogP contribution in [0.3, 0.4) is 0 Å². The molecule has 3 rings (SSSR count). The Kier molecular flexibility index (Phi) is 4.56. The maximum Gasteiger partial charge on any atom is 0.266 e. The molecule has 1 fully saturated rings. The Hall–Kier alpha value is -1.61. The fourth-order valence-corrected chi connectivity index (χ4v) is 4.89. The summed E-state index contributed by atoms with van der Waals surface area (Å²) in [6.45, 7) is 1.01. The molecule has 7 nitrogen and oxygen atoms in total. The molecule has 1 saturated heterocycles. The van der Waals surface area contributed by atoms with Gasteiger partial charge in [-0.25, -0.2) is 8.42 Å². The summed E-state index contributed by atoms with van der Waals surface area (Å²) in [5, 5.41) is 0.734. The van der Waals surface area contributed by atoms with Gasteiger partial charge in [-0.1, -0.05) is 11.6 Å². The van der Waals surface area contributed by atoms with E-state index in [0.717, 1.165) is 0 Å². The highest BCUT2D eigenvalue weighted by atomic mass is 35.5. The smallest absolute Gasteiger partial charge is 0.266 e. The van der Waals surface area contributed by atoms with Crippen LogP contribution in [0.2, 0.25) is 5.02 Å². The molecule has 1 aliphatic rings. The number of halogens is 1. The Balaban J connectivity index is 2.17. The molecule has 130 valence electrons. The fraction of sp³-hybridized carbons (Fsp3) is 0.400. The van der Waals surface area contributed by atoms with E-state index in [1.165, 1.54) is 17.4 Å². The van der Waals surface area contributed by atoms with Gasteiger partial charge in [0.1, 0.15) is 10.6 Å². The standard InChI is InChI=1S/C15H18ClN3O4S/c1-19(10-4-6-23-7-5-10)24(21,22)14-11-8-9(16)2-3-12(11)18-13(14)15(17)20/h2-3,8,10,18H,4-7H2,1H3,(H2,17,20). The van der Waals surface area contributed by atoms with Gasteiger partial charge in [0, 0.05) is 42.2 Å². The number of nitrogens with one attached hydrogen (secondary N) is 1. The highest BCUT2D eigenvalue weighted by molar-refractivity contribution is 7.89. The van der Waals surface area contributed by atoms with Crippen LogP contribution >= 0.6 is 11.6 Å².